The predicted octanol–water partition coefficient (Wildman–Crippen LogP) is 1.62. The highest BCUT2D eigenvalue weighted by molar-refractivity contribution is 5.73. The molecule has 0 N–H and O–H groups in total. The van der Waals surface area contributed by atoms with Crippen LogP contribution in [0.15, 0.2) is 12.4 Å². The maximum Gasteiger partial charge on any atom is 0.153 e. The van der Waals surface area contributed by atoms with Crippen molar-refractivity contribution in [2.75, 3.05) is 0 Å². The van der Waals surface area contributed by atoms with Crippen molar-refractivity contribution < 1.29 is 4.79 Å². The summed E-state index contributed by atoms with van der Waals surface area (Å²) in [6.07, 6.45) is 3.71. The van der Waals surface area contributed by atoms with Gasteiger partial charge in [-0.1, -0.05) is 13.8 Å². The smallest absolute Gasteiger partial charge is 0.153 e. The average molecular weight is 152 g/mol. The summed E-state index contributed by atoms with van der Waals surface area (Å²) in [5.74, 6) is 0.681. The molecule has 0 atom stereocenters. The van der Waals surface area contributed by atoms with Gasteiger partial charge in [-0.3, -0.25) is 4.79 Å². The lowest BCUT2D eigenvalue weighted by Crippen LogP contribution is -1.88. The highest BCUT2D eigenvalue weighted by Gasteiger charge is 1.87. The summed E-state index contributed by atoms with van der Waals surface area (Å²) in [6.45, 7) is 5.77. The van der Waals surface area contributed by atoms with Crippen molar-refractivity contribution in [1.29, 1.82) is 0 Å². The third-order valence-corrected chi connectivity index (χ3v) is 0.937. The molecule has 1 heterocycles. The van der Waals surface area contributed by atoms with Crippen molar-refractivity contribution in [3.05, 3.63) is 23.8 Å². The fourth-order valence-electron chi connectivity index (χ4n) is 0.463. The fourth-order valence-corrected chi connectivity index (χ4v) is 0.463. The zero-order valence-corrected chi connectivity index (χ0v) is 7.03. The number of aldehydes is 1. The van der Waals surface area contributed by atoms with Crippen molar-refractivity contribution in [2.24, 2.45) is 0 Å². The molecule has 11 heavy (non-hydrogen) atoms. The standard InChI is InChI=1S/C6H6N2O.C2H6/c1-5-7-2-6(4-9)3-8-5;1-2/h2-4H,1H3;1-2H3. The Morgan fingerprint density at radius 1 is 1.27 bits per heavy atom. The maximum atomic E-state index is 10.0. The van der Waals surface area contributed by atoms with Gasteiger partial charge in [-0.2, -0.15) is 0 Å². The number of carbonyl (C=O) groups excluding carboxylic acids is 1. The van der Waals surface area contributed by atoms with E-state index in [0.717, 1.165) is 6.29 Å². The van der Waals surface area contributed by atoms with Crippen LogP contribution in [0.2, 0.25) is 0 Å². The third kappa shape index (κ3) is 3.45. The van der Waals surface area contributed by atoms with Gasteiger partial charge in [0.25, 0.3) is 0 Å². The van der Waals surface area contributed by atoms with Crippen LogP contribution in [0, 0.1) is 6.92 Å². The van der Waals surface area contributed by atoms with Crippen LogP contribution in [0.4, 0.5) is 0 Å². The summed E-state index contributed by atoms with van der Waals surface area (Å²) in [5, 5.41) is 0. The summed E-state index contributed by atoms with van der Waals surface area (Å²) in [7, 11) is 0. The highest BCUT2D eigenvalue weighted by atomic mass is 16.1. The van der Waals surface area contributed by atoms with Gasteiger partial charge in [-0.25, -0.2) is 9.97 Å². The van der Waals surface area contributed by atoms with E-state index in [1.807, 2.05) is 13.8 Å². The molecular formula is C8H12N2O. The number of aromatic nitrogens is 2. The molecule has 3 nitrogen and oxygen atoms in total. The van der Waals surface area contributed by atoms with E-state index in [4.69, 9.17) is 0 Å². The van der Waals surface area contributed by atoms with Gasteiger partial charge in [0.15, 0.2) is 6.29 Å². The van der Waals surface area contributed by atoms with Crippen molar-refractivity contribution in [1.82, 2.24) is 9.97 Å². The normalized spacial score (nSPS) is 7.91. The Morgan fingerprint density at radius 2 is 1.73 bits per heavy atom. The molecule has 1 aromatic heterocycles. The molecule has 0 saturated heterocycles. The summed E-state index contributed by atoms with van der Waals surface area (Å²) >= 11 is 0. The second-order valence-corrected chi connectivity index (χ2v) is 1.68. The molecule has 0 spiro atoms. The van der Waals surface area contributed by atoms with Gasteiger partial charge in [0.2, 0.25) is 0 Å². The quantitative estimate of drug-likeness (QED) is 0.574. The maximum absolute atomic E-state index is 10.0. The second-order valence-electron chi connectivity index (χ2n) is 1.68. The second kappa shape index (κ2) is 5.53. The average Bonchev–Trinajstić information content (AvgIpc) is 2.10. The van der Waals surface area contributed by atoms with Gasteiger partial charge in [0.1, 0.15) is 5.82 Å². The minimum absolute atomic E-state index is 0.514. The summed E-state index contributed by atoms with van der Waals surface area (Å²) in [6, 6.07) is 0. The van der Waals surface area contributed by atoms with Crippen LogP contribution in [0.25, 0.3) is 0 Å². The van der Waals surface area contributed by atoms with Crippen LogP contribution >= 0.6 is 0 Å². The summed E-state index contributed by atoms with van der Waals surface area (Å²) in [5.41, 5.74) is 0.514. The predicted molar refractivity (Wildman–Crippen MR) is 43.5 cm³/mol. The first-order valence-electron chi connectivity index (χ1n) is 3.57. The van der Waals surface area contributed by atoms with Crippen molar-refractivity contribution in [3.63, 3.8) is 0 Å². The number of aryl methyl sites for hydroxylation is 1. The first kappa shape index (κ1) is 9.75. The molecule has 60 valence electrons. The first-order valence-corrected chi connectivity index (χ1v) is 3.57. The van der Waals surface area contributed by atoms with Gasteiger partial charge in [0.05, 0.1) is 5.56 Å². The summed E-state index contributed by atoms with van der Waals surface area (Å²) in [4.78, 5) is 17.7. The van der Waals surface area contributed by atoms with Crippen molar-refractivity contribution in [2.45, 2.75) is 20.8 Å². The van der Waals surface area contributed by atoms with Gasteiger partial charge in [-0.15, -0.1) is 0 Å². The van der Waals surface area contributed by atoms with Crippen LogP contribution in [0.1, 0.15) is 30.0 Å². The van der Waals surface area contributed by atoms with E-state index in [1.54, 1.807) is 6.92 Å². The molecule has 1 rings (SSSR count). The molecule has 3 heteroatoms. The van der Waals surface area contributed by atoms with Crippen LogP contribution in [0.3, 0.4) is 0 Å². The lowest BCUT2D eigenvalue weighted by molar-refractivity contribution is 0.112. The Kier molecular flexibility index (Phi) is 4.90. The van der Waals surface area contributed by atoms with E-state index >= 15 is 0 Å². The SMILES string of the molecule is CC.Cc1ncc(C=O)cn1. The van der Waals surface area contributed by atoms with Crippen LogP contribution in [-0.4, -0.2) is 16.3 Å². The first-order chi connectivity index (χ1) is 5.33. The van der Waals surface area contributed by atoms with Gasteiger partial charge in [-0.05, 0) is 6.92 Å². The zero-order chi connectivity index (χ0) is 8.69. The lowest BCUT2D eigenvalue weighted by atomic mass is 10.4. The monoisotopic (exact) mass is 152 g/mol. The number of rotatable bonds is 1. The van der Waals surface area contributed by atoms with E-state index in [1.165, 1.54) is 12.4 Å². The Hall–Kier alpha value is -1.25. The molecule has 0 saturated carbocycles. The molecule has 0 bridgehead atoms. The Morgan fingerprint density at radius 3 is 2.09 bits per heavy atom. The number of nitrogens with zero attached hydrogens (tertiary/aromatic N) is 2. The minimum Gasteiger partial charge on any atom is -0.298 e. The zero-order valence-electron chi connectivity index (χ0n) is 7.03. The molecule has 0 amide bonds. The molecule has 0 fully saturated rings. The molecule has 0 aliphatic heterocycles. The molecule has 0 aliphatic carbocycles. The topological polar surface area (TPSA) is 42.9 Å². The van der Waals surface area contributed by atoms with E-state index in [0.29, 0.717) is 11.4 Å². The van der Waals surface area contributed by atoms with Crippen LogP contribution < -0.4 is 0 Å². The third-order valence-electron chi connectivity index (χ3n) is 0.937. The lowest BCUT2D eigenvalue weighted by Gasteiger charge is -1.87. The number of hydrogen-bond acceptors (Lipinski definition) is 3. The molecule has 0 unspecified atom stereocenters. The highest BCUT2D eigenvalue weighted by Crippen LogP contribution is 1.88. The van der Waals surface area contributed by atoms with Gasteiger partial charge >= 0.3 is 0 Å². The van der Waals surface area contributed by atoms with Crippen molar-refractivity contribution >= 4 is 6.29 Å². The molecule has 1 aromatic rings. The largest absolute Gasteiger partial charge is 0.298 e. The molecule has 0 aliphatic rings. The van der Waals surface area contributed by atoms with Crippen LogP contribution in [-0.2, 0) is 0 Å². The van der Waals surface area contributed by atoms with E-state index < -0.39 is 0 Å². The number of carbonyl (C=O) groups is 1. The molecule has 0 radical (unpaired) electrons. The Balaban J connectivity index is 0.000000461. The van der Waals surface area contributed by atoms with Crippen molar-refractivity contribution in [3.8, 4) is 0 Å². The van der Waals surface area contributed by atoms with E-state index in [-0.39, 0.29) is 0 Å². The van der Waals surface area contributed by atoms with Gasteiger partial charge in [0, 0.05) is 12.4 Å². The van der Waals surface area contributed by atoms with E-state index in [2.05, 4.69) is 9.97 Å². The number of hydrogen-bond donors (Lipinski definition) is 0. The van der Waals surface area contributed by atoms with E-state index in [9.17, 15) is 4.79 Å². The Labute approximate surface area is 66.5 Å². The van der Waals surface area contributed by atoms with Crippen LogP contribution in [0.5, 0.6) is 0 Å². The fraction of sp³-hybridized carbons (Fsp3) is 0.375. The minimum atomic E-state index is 0.514. The molecular weight excluding hydrogens is 140 g/mol. The summed E-state index contributed by atoms with van der Waals surface area (Å²) < 4.78 is 0. The van der Waals surface area contributed by atoms with Gasteiger partial charge < -0.3 is 0 Å². The Bertz CT molecular complexity index is 206. The molecule has 0 aromatic carbocycles.